The van der Waals surface area contributed by atoms with Gasteiger partial charge >= 0.3 is 0 Å². The zero-order chi connectivity index (χ0) is 9.76. The number of hydrogen-bond donors (Lipinski definition) is 1. The van der Waals surface area contributed by atoms with E-state index in [-0.39, 0.29) is 0 Å². The molecule has 1 heterocycles. The van der Waals surface area contributed by atoms with E-state index in [9.17, 15) is 5.11 Å². The number of hydrogen-bond acceptors (Lipinski definition) is 2. The standard InChI is InChI=1S/C12H16O2/c1-8-6-10(8)11-3-2-9(14-11)7-12(13)4-5-12/h2-3,8,10,13H,4-7H2,1H3. The van der Waals surface area contributed by atoms with Crippen LogP contribution in [0, 0.1) is 5.92 Å². The maximum absolute atomic E-state index is 9.74. The van der Waals surface area contributed by atoms with Crippen LogP contribution in [0.4, 0.5) is 0 Å². The summed E-state index contributed by atoms with van der Waals surface area (Å²) in [5.74, 6) is 3.52. The van der Waals surface area contributed by atoms with Crippen LogP contribution < -0.4 is 0 Å². The summed E-state index contributed by atoms with van der Waals surface area (Å²) in [5, 5.41) is 9.74. The van der Waals surface area contributed by atoms with E-state index < -0.39 is 5.60 Å². The van der Waals surface area contributed by atoms with Crippen molar-refractivity contribution in [1.29, 1.82) is 0 Å². The third-order valence-corrected chi connectivity index (χ3v) is 3.49. The molecule has 1 N–H and O–H groups in total. The number of furan rings is 1. The molecule has 0 radical (unpaired) electrons. The van der Waals surface area contributed by atoms with Gasteiger partial charge in [0.1, 0.15) is 11.5 Å². The van der Waals surface area contributed by atoms with E-state index in [1.165, 1.54) is 6.42 Å². The van der Waals surface area contributed by atoms with Gasteiger partial charge in [-0.1, -0.05) is 6.92 Å². The first kappa shape index (κ1) is 8.54. The van der Waals surface area contributed by atoms with Gasteiger partial charge in [-0.15, -0.1) is 0 Å². The molecule has 3 rings (SSSR count). The molecule has 0 bridgehead atoms. The third kappa shape index (κ3) is 1.48. The molecule has 0 spiro atoms. The van der Waals surface area contributed by atoms with Gasteiger partial charge in [0, 0.05) is 12.3 Å². The summed E-state index contributed by atoms with van der Waals surface area (Å²) in [6.07, 6.45) is 3.83. The van der Waals surface area contributed by atoms with Crippen LogP contribution in [-0.4, -0.2) is 10.7 Å². The zero-order valence-electron chi connectivity index (χ0n) is 8.49. The molecular formula is C12H16O2. The van der Waals surface area contributed by atoms with Crippen LogP contribution in [0.15, 0.2) is 16.5 Å². The molecule has 2 nitrogen and oxygen atoms in total. The largest absolute Gasteiger partial charge is 0.466 e. The van der Waals surface area contributed by atoms with E-state index in [1.54, 1.807) is 0 Å². The van der Waals surface area contributed by atoms with Crippen molar-refractivity contribution >= 4 is 0 Å². The minimum Gasteiger partial charge on any atom is -0.466 e. The summed E-state index contributed by atoms with van der Waals surface area (Å²) in [6, 6.07) is 4.10. The molecule has 0 aromatic carbocycles. The molecule has 2 aliphatic rings. The molecule has 1 aromatic heterocycles. The fourth-order valence-corrected chi connectivity index (χ4v) is 2.05. The Bertz CT molecular complexity index is 349. The smallest absolute Gasteiger partial charge is 0.107 e. The lowest BCUT2D eigenvalue weighted by molar-refractivity contribution is 0.143. The van der Waals surface area contributed by atoms with Crippen LogP contribution in [0.2, 0.25) is 0 Å². The molecule has 14 heavy (non-hydrogen) atoms. The Morgan fingerprint density at radius 2 is 2.21 bits per heavy atom. The second-order valence-electron chi connectivity index (χ2n) is 5.02. The fourth-order valence-electron chi connectivity index (χ4n) is 2.05. The predicted molar refractivity (Wildman–Crippen MR) is 53.1 cm³/mol. The second-order valence-corrected chi connectivity index (χ2v) is 5.02. The first-order valence-corrected chi connectivity index (χ1v) is 5.47. The SMILES string of the molecule is CC1CC1c1ccc(CC2(O)CC2)o1. The topological polar surface area (TPSA) is 33.4 Å². The summed E-state index contributed by atoms with van der Waals surface area (Å²) >= 11 is 0. The maximum atomic E-state index is 9.74. The average Bonchev–Trinajstić information content (AvgIpc) is 2.96. The Morgan fingerprint density at radius 3 is 2.79 bits per heavy atom. The third-order valence-electron chi connectivity index (χ3n) is 3.49. The second kappa shape index (κ2) is 2.63. The van der Waals surface area contributed by atoms with Crippen LogP contribution in [0.3, 0.4) is 0 Å². The number of aliphatic hydroxyl groups is 1. The first-order chi connectivity index (χ1) is 6.66. The maximum Gasteiger partial charge on any atom is 0.107 e. The van der Waals surface area contributed by atoms with Crippen LogP contribution in [0.25, 0.3) is 0 Å². The van der Waals surface area contributed by atoms with Gasteiger partial charge in [0.15, 0.2) is 0 Å². The van der Waals surface area contributed by atoms with Crippen molar-refractivity contribution in [3.05, 3.63) is 23.7 Å². The van der Waals surface area contributed by atoms with Crippen molar-refractivity contribution < 1.29 is 9.52 Å². The van der Waals surface area contributed by atoms with Gasteiger partial charge in [-0.05, 0) is 37.3 Å². The van der Waals surface area contributed by atoms with Gasteiger partial charge in [-0.25, -0.2) is 0 Å². The Balaban J connectivity index is 1.71. The van der Waals surface area contributed by atoms with Crippen LogP contribution >= 0.6 is 0 Å². The lowest BCUT2D eigenvalue weighted by Gasteiger charge is -2.03. The highest BCUT2D eigenvalue weighted by molar-refractivity contribution is 5.19. The van der Waals surface area contributed by atoms with Crippen molar-refractivity contribution in [3.8, 4) is 0 Å². The van der Waals surface area contributed by atoms with Crippen molar-refractivity contribution in [1.82, 2.24) is 0 Å². The Labute approximate surface area is 83.9 Å². The fraction of sp³-hybridized carbons (Fsp3) is 0.667. The summed E-state index contributed by atoms with van der Waals surface area (Å²) in [6.45, 7) is 2.25. The van der Waals surface area contributed by atoms with Crippen molar-refractivity contribution in [2.45, 2.75) is 44.1 Å². The molecule has 2 heteroatoms. The van der Waals surface area contributed by atoms with Gasteiger partial charge in [-0.2, -0.15) is 0 Å². The van der Waals surface area contributed by atoms with Gasteiger partial charge in [0.2, 0.25) is 0 Å². The first-order valence-electron chi connectivity index (χ1n) is 5.47. The normalized spacial score (nSPS) is 33.0. The molecule has 76 valence electrons. The molecule has 2 saturated carbocycles. The Hall–Kier alpha value is -0.760. The molecule has 1 aromatic rings. The molecule has 2 unspecified atom stereocenters. The highest BCUT2D eigenvalue weighted by Gasteiger charge is 2.42. The Morgan fingerprint density at radius 1 is 1.50 bits per heavy atom. The van der Waals surface area contributed by atoms with E-state index >= 15 is 0 Å². The molecule has 0 aliphatic heterocycles. The van der Waals surface area contributed by atoms with Crippen molar-refractivity contribution in [2.75, 3.05) is 0 Å². The van der Waals surface area contributed by atoms with Crippen LogP contribution in [0.1, 0.15) is 43.6 Å². The average molecular weight is 192 g/mol. The minimum absolute atomic E-state index is 0.426. The lowest BCUT2D eigenvalue weighted by atomic mass is 10.2. The van der Waals surface area contributed by atoms with E-state index in [2.05, 4.69) is 13.0 Å². The van der Waals surface area contributed by atoms with Crippen LogP contribution in [0.5, 0.6) is 0 Å². The number of rotatable bonds is 3. The highest BCUT2D eigenvalue weighted by atomic mass is 16.3. The summed E-state index contributed by atoms with van der Waals surface area (Å²) in [4.78, 5) is 0. The van der Waals surface area contributed by atoms with E-state index in [4.69, 9.17) is 4.42 Å². The summed E-state index contributed by atoms with van der Waals surface area (Å²) < 4.78 is 5.73. The van der Waals surface area contributed by atoms with Crippen molar-refractivity contribution in [2.24, 2.45) is 5.92 Å². The van der Waals surface area contributed by atoms with E-state index in [0.717, 1.165) is 30.3 Å². The highest BCUT2D eigenvalue weighted by Crippen LogP contribution is 2.48. The molecule has 2 aliphatic carbocycles. The van der Waals surface area contributed by atoms with Crippen molar-refractivity contribution in [3.63, 3.8) is 0 Å². The van der Waals surface area contributed by atoms with Crippen LogP contribution in [-0.2, 0) is 6.42 Å². The summed E-state index contributed by atoms with van der Waals surface area (Å²) in [7, 11) is 0. The molecular weight excluding hydrogens is 176 g/mol. The molecule has 2 fully saturated rings. The zero-order valence-corrected chi connectivity index (χ0v) is 8.49. The van der Waals surface area contributed by atoms with E-state index in [1.807, 2.05) is 6.07 Å². The quantitative estimate of drug-likeness (QED) is 0.798. The molecule has 2 atom stereocenters. The van der Waals surface area contributed by atoms with E-state index in [0.29, 0.717) is 12.3 Å². The van der Waals surface area contributed by atoms with Gasteiger partial charge < -0.3 is 9.52 Å². The van der Waals surface area contributed by atoms with Gasteiger partial charge in [0.05, 0.1) is 5.60 Å². The summed E-state index contributed by atoms with van der Waals surface area (Å²) in [5.41, 5.74) is -0.426. The van der Waals surface area contributed by atoms with Gasteiger partial charge in [-0.3, -0.25) is 0 Å². The molecule has 0 amide bonds. The molecule has 0 saturated heterocycles. The predicted octanol–water partition coefficient (Wildman–Crippen LogP) is 2.47. The monoisotopic (exact) mass is 192 g/mol. The lowest BCUT2D eigenvalue weighted by Crippen LogP contribution is -2.09. The Kier molecular flexibility index (Phi) is 1.61. The minimum atomic E-state index is -0.426. The van der Waals surface area contributed by atoms with Gasteiger partial charge in [0.25, 0.3) is 0 Å².